The summed E-state index contributed by atoms with van der Waals surface area (Å²) < 4.78 is 0.989. The van der Waals surface area contributed by atoms with Crippen molar-refractivity contribution >= 4 is 27.7 Å². The summed E-state index contributed by atoms with van der Waals surface area (Å²) in [6.45, 7) is 7.72. The topological polar surface area (TPSA) is 49.4 Å². The van der Waals surface area contributed by atoms with Gasteiger partial charge in [0.2, 0.25) is 11.8 Å². The maximum absolute atomic E-state index is 12.2. The highest BCUT2D eigenvalue weighted by molar-refractivity contribution is 9.10. The van der Waals surface area contributed by atoms with Gasteiger partial charge in [-0.1, -0.05) is 48.0 Å². The Morgan fingerprint density at radius 2 is 1.75 bits per heavy atom. The lowest BCUT2D eigenvalue weighted by Crippen LogP contribution is -2.32. The molecule has 1 unspecified atom stereocenters. The van der Waals surface area contributed by atoms with Crippen molar-refractivity contribution in [1.29, 1.82) is 0 Å². The lowest BCUT2D eigenvalue weighted by atomic mass is 10.1. The maximum atomic E-state index is 12.2. The zero-order valence-electron chi connectivity index (χ0n) is 15.0. The molecule has 1 aromatic rings. The third-order valence-electron chi connectivity index (χ3n) is 3.88. The van der Waals surface area contributed by atoms with Crippen LogP contribution in [0.25, 0.3) is 0 Å². The van der Waals surface area contributed by atoms with Gasteiger partial charge >= 0.3 is 0 Å². The van der Waals surface area contributed by atoms with Gasteiger partial charge in [0.15, 0.2) is 0 Å². The zero-order valence-corrected chi connectivity index (χ0v) is 16.6. The van der Waals surface area contributed by atoms with Gasteiger partial charge in [-0.15, -0.1) is 0 Å². The molecule has 1 atom stereocenters. The minimum Gasteiger partial charge on any atom is -0.350 e. The van der Waals surface area contributed by atoms with Crippen molar-refractivity contribution in [1.82, 2.24) is 10.2 Å². The second kappa shape index (κ2) is 11.2. The summed E-state index contributed by atoms with van der Waals surface area (Å²) in [7, 11) is 0. The van der Waals surface area contributed by atoms with Gasteiger partial charge in [0.05, 0.1) is 6.04 Å². The number of carbonyl (C=O) groups is 2. The first-order valence-corrected chi connectivity index (χ1v) is 9.60. The Kier molecular flexibility index (Phi) is 9.69. The van der Waals surface area contributed by atoms with Gasteiger partial charge < -0.3 is 10.2 Å². The normalized spacial score (nSPS) is 11.8. The molecule has 4 nitrogen and oxygen atoms in total. The smallest absolute Gasteiger partial charge is 0.222 e. The summed E-state index contributed by atoms with van der Waals surface area (Å²) >= 11 is 3.50. The number of hydrogen-bond acceptors (Lipinski definition) is 2. The number of rotatable bonds is 10. The average molecular weight is 397 g/mol. The van der Waals surface area contributed by atoms with Crippen LogP contribution in [0.3, 0.4) is 0 Å². The number of nitrogens with zero attached hydrogens (tertiary/aromatic N) is 1. The first-order valence-electron chi connectivity index (χ1n) is 8.81. The Morgan fingerprint density at radius 3 is 2.33 bits per heavy atom. The molecular weight excluding hydrogens is 368 g/mol. The summed E-state index contributed by atoms with van der Waals surface area (Å²) in [5.41, 5.74) is 1.05. The highest BCUT2D eigenvalue weighted by Crippen LogP contribution is 2.22. The number of benzene rings is 1. The molecule has 0 fully saturated rings. The van der Waals surface area contributed by atoms with Crippen LogP contribution in [0.5, 0.6) is 0 Å². The van der Waals surface area contributed by atoms with Gasteiger partial charge in [-0.25, -0.2) is 0 Å². The van der Waals surface area contributed by atoms with Crippen LogP contribution >= 0.6 is 15.9 Å². The standard InChI is InChI=1S/C19H29BrN2O2/c1-4-13-22(14-5-2)19(24)12-8-11-18(23)21-15(3)16-9-6-7-10-17(16)20/h6-7,9-10,15H,4-5,8,11-14H2,1-3H3,(H,21,23). The summed E-state index contributed by atoms with van der Waals surface area (Å²) in [5.74, 6) is 0.147. The quantitative estimate of drug-likeness (QED) is 0.634. The number of amides is 2. The van der Waals surface area contributed by atoms with Gasteiger partial charge in [-0.05, 0) is 37.8 Å². The van der Waals surface area contributed by atoms with Crippen LogP contribution < -0.4 is 5.32 Å². The first kappa shape index (κ1) is 20.7. The highest BCUT2D eigenvalue weighted by Gasteiger charge is 2.14. The van der Waals surface area contributed by atoms with Gasteiger partial charge in [0.25, 0.3) is 0 Å². The molecule has 1 aromatic carbocycles. The van der Waals surface area contributed by atoms with Gasteiger partial charge in [-0.2, -0.15) is 0 Å². The average Bonchev–Trinajstić information content (AvgIpc) is 2.54. The Bertz CT molecular complexity index is 528. The van der Waals surface area contributed by atoms with E-state index in [9.17, 15) is 9.59 Å². The van der Waals surface area contributed by atoms with Crippen LogP contribution in [0.2, 0.25) is 0 Å². The van der Waals surface area contributed by atoms with Crippen molar-refractivity contribution in [2.45, 2.75) is 58.9 Å². The van der Waals surface area contributed by atoms with Crippen LogP contribution in [-0.4, -0.2) is 29.8 Å². The van der Waals surface area contributed by atoms with Crippen molar-refractivity contribution in [2.75, 3.05) is 13.1 Å². The molecular formula is C19H29BrN2O2. The van der Waals surface area contributed by atoms with E-state index in [1.807, 2.05) is 36.1 Å². The van der Waals surface area contributed by atoms with E-state index in [1.54, 1.807) is 0 Å². The van der Waals surface area contributed by atoms with Crippen molar-refractivity contribution in [2.24, 2.45) is 0 Å². The third kappa shape index (κ3) is 7.04. The molecule has 0 bridgehead atoms. The Morgan fingerprint density at radius 1 is 1.12 bits per heavy atom. The number of nitrogens with one attached hydrogen (secondary N) is 1. The molecule has 24 heavy (non-hydrogen) atoms. The van der Waals surface area contributed by atoms with E-state index in [4.69, 9.17) is 0 Å². The van der Waals surface area contributed by atoms with Crippen LogP contribution in [0.1, 0.15) is 64.5 Å². The first-order chi connectivity index (χ1) is 11.5. The highest BCUT2D eigenvalue weighted by atomic mass is 79.9. The number of hydrogen-bond donors (Lipinski definition) is 1. The monoisotopic (exact) mass is 396 g/mol. The minimum atomic E-state index is -0.0551. The summed E-state index contributed by atoms with van der Waals surface area (Å²) in [4.78, 5) is 26.2. The largest absolute Gasteiger partial charge is 0.350 e. The van der Waals surface area contributed by atoms with Crippen LogP contribution in [0.4, 0.5) is 0 Å². The van der Waals surface area contributed by atoms with Gasteiger partial charge in [0.1, 0.15) is 0 Å². The SMILES string of the molecule is CCCN(CCC)C(=O)CCCC(=O)NC(C)c1ccccc1Br. The van der Waals surface area contributed by atoms with Crippen LogP contribution in [-0.2, 0) is 9.59 Å². The minimum absolute atomic E-state index is 0.0106. The molecule has 0 radical (unpaired) electrons. The molecule has 0 saturated heterocycles. The number of halogens is 1. The maximum Gasteiger partial charge on any atom is 0.222 e. The second-order valence-electron chi connectivity index (χ2n) is 6.05. The predicted octanol–water partition coefficient (Wildman–Crippen LogP) is 4.45. The fourth-order valence-corrected chi connectivity index (χ4v) is 3.31. The van der Waals surface area contributed by atoms with Crippen molar-refractivity contribution < 1.29 is 9.59 Å². The van der Waals surface area contributed by atoms with Crippen LogP contribution in [0, 0.1) is 0 Å². The van der Waals surface area contributed by atoms with E-state index < -0.39 is 0 Å². The van der Waals surface area contributed by atoms with Crippen molar-refractivity contribution in [3.05, 3.63) is 34.3 Å². The fourth-order valence-electron chi connectivity index (χ4n) is 2.68. The molecule has 1 N–H and O–H groups in total. The molecule has 0 aliphatic rings. The molecule has 2 amide bonds. The molecule has 1 rings (SSSR count). The van der Waals surface area contributed by atoms with Crippen molar-refractivity contribution in [3.63, 3.8) is 0 Å². The van der Waals surface area contributed by atoms with E-state index >= 15 is 0 Å². The third-order valence-corrected chi connectivity index (χ3v) is 4.61. The molecule has 0 aromatic heterocycles. The zero-order chi connectivity index (χ0) is 17.9. The molecule has 0 aliphatic heterocycles. The lowest BCUT2D eigenvalue weighted by molar-refractivity contribution is -0.131. The molecule has 5 heteroatoms. The Balaban J connectivity index is 2.38. The number of carbonyl (C=O) groups excluding carboxylic acids is 2. The van der Waals surface area contributed by atoms with E-state index in [2.05, 4.69) is 35.1 Å². The van der Waals surface area contributed by atoms with E-state index in [1.165, 1.54) is 0 Å². The van der Waals surface area contributed by atoms with E-state index in [0.29, 0.717) is 19.3 Å². The summed E-state index contributed by atoms with van der Waals surface area (Å²) in [5, 5.41) is 3.00. The predicted molar refractivity (Wildman–Crippen MR) is 102 cm³/mol. The molecule has 0 spiro atoms. The molecule has 0 saturated carbocycles. The summed E-state index contributed by atoms with van der Waals surface area (Å²) in [6.07, 6.45) is 3.35. The molecule has 134 valence electrons. The van der Waals surface area contributed by atoms with Crippen LogP contribution in [0.15, 0.2) is 28.7 Å². The summed E-state index contributed by atoms with van der Waals surface area (Å²) in [6, 6.07) is 7.81. The van der Waals surface area contributed by atoms with Gasteiger partial charge in [-0.3, -0.25) is 9.59 Å². The van der Waals surface area contributed by atoms with E-state index in [0.717, 1.165) is 36.0 Å². The lowest BCUT2D eigenvalue weighted by Gasteiger charge is -2.21. The Labute approximate surface area is 154 Å². The molecule has 0 heterocycles. The fraction of sp³-hybridized carbons (Fsp3) is 0.579. The second-order valence-corrected chi connectivity index (χ2v) is 6.90. The van der Waals surface area contributed by atoms with Crippen molar-refractivity contribution in [3.8, 4) is 0 Å². The Hall–Kier alpha value is -1.36. The van der Waals surface area contributed by atoms with E-state index in [-0.39, 0.29) is 17.9 Å². The van der Waals surface area contributed by atoms with Gasteiger partial charge in [0, 0.05) is 30.4 Å². The molecule has 0 aliphatic carbocycles.